The maximum Gasteiger partial charge on any atom is 0.263 e. The van der Waals surface area contributed by atoms with Crippen molar-refractivity contribution in [3.05, 3.63) is 35.2 Å². The van der Waals surface area contributed by atoms with Gasteiger partial charge in [-0.1, -0.05) is 18.2 Å². The van der Waals surface area contributed by atoms with Crippen LogP contribution in [0.4, 0.5) is 0 Å². The van der Waals surface area contributed by atoms with Crippen molar-refractivity contribution in [2.24, 2.45) is 5.92 Å². The topological polar surface area (TPSA) is 40.5 Å². The molecule has 2 heterocycles. The average Bonchev–Trinajstić information content (AvgIpc) is 2.90. The molecule has 1 saturated heterocycles. The number of carbonyl (C=O) groups is 1. The number of rotatable bonds is 2. The normalized spacial score (nSPS) is 17.0. The largest absolute Gasteiger partial charge is 0.396 e. The van der Waals surface area contributed by atoms with Crippen molar-refractivity contribution in [3.8, 4) is 0 Å². The van der Waals surface area contributed by atoms with Crippen molar-refractivity contribution in [3.63, 3.8) is 0 Å². The molecule has 2 aromatic rings. The van der Waals surface area contributed by atoms with E-state index >= 15 is 0 Å². The number of piperidine rings is 1. The zero-order valence-electron chi connectivity index (χ0n) is 10.7. The summed E-state index contributed by atoms with van der Waals surface area (Å²) in [6.45, 7) is 1.77. The molecule has 19 heavy (non-hydrogen) atoms. The number of thiophene rings is 1. The Hall–Kier alpha value is -1.39. The van der Waals surface area contributed by atoms with E-state index in [1.165, 1.54) is 0 Å². The molecule has 4 heteroatoms. The van der Waals surface area contributed by atoms with Crippen molar-refractivity contribution in [1.29, 1.82) is 0 Å². The highest BCUT2D eigenvalue weighted by molar-refractivity contribution is 7.20. The molecule has 0 bridgehead atoms. The second-order valence-corrected chi connectivity index (χ2v) is 6.15. The standard InChI is InChI=1S/C15H17NO2S/c17-10-11-5-7-16(8-6-11)15(18)14-9-12-3-1-2-4-13(12)19-14/h1-4,9,11,17H,5-8,10H2. The molecule has 1 amide bonds. The fraction of sp³-hybridized carbons (Fsp3) is 0.400. The van der Waals surface area contributed by atoms with Crippen LogP contribution in [0.3, 0.4) is 0 Å². The van der Waals surface area contributed by atoms with Gasteiger partial charge in [-0.15, -0.1) is 11.3 Å². The number of fused-ring (bicyclic) bond motifs is 1. The van der Waals surface area contributed by atoms with E-state index in [2.05, 4.69) is 6.07 Å². The molecule has 0 saturated carbocycles. The highest BCUT2D eigenvalue weighted by atomic mass is 32.1. The first kappa shape index (κ1) is 12.6. The Morgan fingerprint density at radius 1 is 1.32 bits per heavy atom. The first-order valence-corrected chi connectivity index (χ1v) is 7.48. The Morgan fingerprint density at radius 3 is 2.74 bits per heavy atom. The zero-order valence-corrected chi connectivity index (χ0v) is 11.5. The van der Waals surface area contributed by atoms with E-state index in [1.807, 2.05) is 29.2 Å². The third kappa shape index (κ3) is 2.51. The van der Waals surface area contributed by atoms with Gasteiger partial charge in [0.25, 0.3) is 5.91 Å². The fourth-order valence-corrected chi connectivity index (χ4v) is 3.59. The SMILES string of the molecule is O=C(c1cc2ccccc2s1)N1CCC(CO)CC1. The van der Waals surface area contributed by atoms with Gasteiger partial charge in [0.1, 0.15) is 0 Å². The van der Waals surface area contributed by atoms with E-state index in [9.17, 15) is 4.79 Å². The molecule has 100 valence electrons. The molecular formula is C15H17NO2S. The minimum Gasteiger partial charge on any atom is -0.396 e. The van der Waals surface area contributed by atoms with E-state index < -0.39 is 0 Å². The summed E-state index contributed by atoms with van der Waals surface area (Å²) in [6, 6.07) is 10.1. The maximum absolute atomic E-state index is 12.4. The summed E-state index contributed by atoms with van der Waals surface area (Å²) >= 11 is 1.56. The van der Waals surface area contributed by atoms with Crippen LogP contribution in [0.15, 0.2) is 30.3 Å². The number of hydrogen-bond acceptors (Lipinski definition) is 3. The van der Waals surface area contributed by atoms with Crippen LogP contribution in [-0.4, -0.2) is 35.6 Å². The molecule has 1 aliphatic rings. The van der Waals surface area contributed by atoms with Crippen LogP contribution >= 0.6 is 11.3 Å². The molecule has 3 nitrogen and oxygen atoms in total. The van der Waals surface area contributed by atoms with Gasteiger partial charge in [0.05, 0.1) is 4.88 Å². The van der Waals surface area contributed by atoms with Gasteiger partial charge >= 0.3 is 0 Å². The predicted molar refractivity (Wildman–Crippen MR) is 77.5 cm³/mol. The van der Waals surface area contributed by atoms with E-state index in [-0.39, 0.29) is 12.5 Å². The van der Waals surface area contributed by atoms with Crippen molar-refractivity contribution in [2.45, 2.75) is 12.8 Å². The Balaban J connectivity index is 1.77. The van der Waals surface area contributed by atoms with Crippen LogP contribution in [0.25, 0.3) is 10.1 Å². The minimum atomic E-state index is 0.137. The fourth-order valence-electron chi connectivity index (χ4n) is 2.56. The lowest BCUT2D eigenvalue weighted by Crippen LogP contribution is -2.38. The third-order valence-electron chi connectivity index (χ3n) is 3.80. The van der Waals surface area contributed by atoms with E-state index in [4.69, 9.17) is 5.11 Å². The van der Waals surface area contributed by atoms with Crippen LogP contribution in [-0.2, 0) is 0 Å². The predicted octanol–water partition coefficient (Wildman–Crippen LogP) is 2.75. The Kier molecular flexibility index (Phi) is 3.53. The quantitative estimate of drug-likeness (QED) is 0.915. The van der Waals surface area contributed by atoms with Gasteiger partial charge in [-0.05, 0) is 36.3 Å². The molecule has 1 aromatic carbocycles. The number of benzene rings is 1. The average molecular weight is 275 g/mol. The number of nitrogens with zero attached hydrogens (tertiary/aromatic N) is 1. The summed E-state index contributed by atoms with van der Waals surface area (Å²) in [6.07, 6.45) is 1.82. The van der Waals surface area contributed by atoms with Gasteiger partial charge in [-0.2, -0.15) is 0 Å². The maximum atomic E-state index is 12.4. The van der Waals surface area contributed by atoms with Gasteiger partial charge in [-0.3, -0.25) is 4.79 Å². The Morgan fingerprint density at radius 2 is 2.05 bits per heavy atom. The number of carbonyl (C=O) groups excluding carboxylic acids is 1. The van der Waals surface area contributed by atoms with Crippen LogP contribution < -0.4 is 0 Å². The van der Waals surface area contributed by atoms with Crippen LogP contribution in [0, 0.1) is 5.92 Å². The van der Waals surface area contributed by atoms with Gasteiger partial charge in [-0.25, -0.2) is 0 Å². The molecule has 1 aliphatic heterocycles. The highest BCUT2D eigenvalue weighted by Gasteiger charge is 2.24. The van der Waals surface area contributed by atoms with Crippen molar-refractivity contribution >= 4 is 27.3 Å². The van der Waals surface area contributed by atoms with E-state index in [0.717, 1.165) is 40.9 Å². The van der Waals surface area contributed by atoms with E-state index in [1.54, 1.807) is 11.3 Å². The van der Waals surface area contributed by atoms with Crippen molar-refractivity contribution in [1.82, 2.24) is 4.90 Å². The zero-order chi connectivity index (χ0) is 13.2. The molecule has 0 atom stereocenters. The molecule has 0 aliphatic carbocycles. The second kappa shape index (κ2) is 5.31. The van der Waals surface area contributed by atoms with Gasteiger partial charge in [0.2, 0.25) is 0 Å². The molecule has 1 aromatic heterocycles. The Bertz CT molecular complexity index is 552. The molecule has 1 N–H and O–H groups in total. The number of aliphatic hydroxyl groups excluding tert-OH is 1. The second-order valence-electron chi connectivity index (χ2n) is 5.07. The number of amides is 1. The van der Waals surface area contributed by atoms with Crippen LogP contribution in [0.5, 0.6) is 0 Å². The van der Waals surface area contributed by atoms with Crippen LogP contribution in [0.1, 0.15) is 22.5 Å². The van der Waals surface area contributed by atoms with Gasteiger partial charge < -0.3 is 10.0 Å². The van der Waals surface area contributed by atoms with Gasteiger partial charge in [0, 0.05) is 24.4 Å². The van der Waals surface area contributed by atoms with Gasteiger partial charge in [0.15, 0.2) is 0 Å². The molecule has 3 rings (SSSR count). The molecule has 0 radical (unpaired) electrons. The molecule has 0 unspecified atom stereocenters. The lowest BCUT2D eigenvalue weighted by atomic mass is 9.98. The first-order valence-electron chi connectivity index (χ1n) is 6.66. The summed E-state index contributed by atoms with van der Waals surface area (Å²) in [5.41, 5.74) is 0. The third-order valence-corrected chi connectivity index (χ3v) is 4.90. The summed E-state index contributed by atoms with van der Waals surface area (Å²) in [4.78, 5) is 15.2. The molecule has 0 spiro atoms. The summed E-state index contributed by atoms with van der Waals surface area (Å²) < 4.78 is 1.16. The van der Waals surface area contributed by atoms with E-state index in [0.29, 0.717) is 5.92 Å². The van der Waals surface area contributed by atoms with Crippen LogP contribution in [0.2, 0.25) is 0 Å². The van der Waals surface area contributed by atoms with Crippen molar-refractivity contribution in [2.75, 3.05) is 19.7 Å². The summed E-state index contributed by atoms with van der Waals surface area (Å²) in [5.74, 6) is 0.504. The number of hydrogen-bond donors (Lipinski definition) is 1. The lowest BCUT2D eigenvalue weighted by Gasteiger charge is -2.30. The summed E-state index contributed by atoms with van der Waals surface area (Å²) in [7, 11) is 0. The number of aliphatic hydroxyl groups is 1. The summed E-state index contributed by atoms with van der Waals surface area (Å²) in [5, 5.41) is 10.3. The minimum absolute atomic E-state index is 0.137. The monoisotopic (exact) mass is 275 g/mol. The first-order chi connectivity index (χ1) is 9.28. The smallest absolute Gasteiger partial charge is 0.263 e. The van der Waals surface area contributed by atoms with Crippen molar-refractivity contribution < 1.29 is 9.90 Å². The molecule has 1 fully saturated rings. The molecular weight excluding hydrogens is 258 g/mol. The number of likely N-dealkylation sites (tertiary alicyclic amines) is 1. The lowest BCUT2D eigenvalue weighted by molar-refractivity contribution is 0.0655. The Labute approximate surface area is 116 Å². The highest BCUT2D eigenvalue weighted by Crippen LogP contribution is 2.27.